The molecule has 2 aromatic rings. The van der Waals surface area contributed by atoms with E-state index in [0.29, 0.717) is 11.5 Å². The summed E-state index contributed by atoms with van der Waals surface area (Å²) in [6.07, 6.45) is 2.54. The summed E-state index contributed by atoms with van der Waals surface area (Å²) >= 11 is 1.45. The van der Waals surface area contributed by atoms with E-state index in [4.69, 9.17) is 0 Å². The van der Waals surface area contributed by atoms with Gasteiger partial charge < -0.3 is 10.2 Å². The maximum absolute atomic E-state index is 11.3. The average molecular weight is 252 g/mol. The van der Waals surface area contributed by atoms with Crippen molar-refractivity contribution >= 4 is 34.3 Å². The van der Waals surface area contributed by atoms with Gasteiger partial charge in [0, 0.05) is 25.7 Å². The second kappa shape index (κ2) is 4.54. The number of carbonyl (C=O) groups is 2. The molecule has 17 heavy (non-hydrogen) atoms. The fraction of sp³-hybridized carbons (Fsp3) is 0.300. The molecule has 1 amide bonds. The second-order valence-corrected chi connectivity index (χ2v) is 4.40. The van der Waals surface area contributed by atoms with Gasteiger partial charge in [-0.25, -0.2) is 4.98 Å². The molecular formula is C10H12N4O2S. The van der Waals surface area contributed by atoms with Gasteiger partial charge in [0.15, 0.2) is 17.1 Å². The van der Waals surface area contributed by atoms with Crippen molar-refractivity contribution in [1.29, 1.82) is 0 Å². The first-order valence-corrected chi connectivity index (χ1v) is 5.87. The summed E-state index contributed by atoms with van der Waals surface area (Å²) in [4.78, 5) is 29.1. The van der Waals surface area contributed by atoms with E-state index in [1.807, 2.05) is 5.38 Å². The Kier molecular flexibility index (Phi) is 3.10. The number of amides is 1. The highest BCUT2D eigenvalue weighted by molar-refractivity contribution is 7.15. The van der Waals surface area contributed by atoms with Crippen molar-refractivity contribution in [3.63, 3.8) is 0 Å². The number of aldehydes is 1. The second-order valence-electron chi connectivity index (χ2n) is 3.52. The molecule has 0 saturated carbocycles. The van der Waals surface area contributed by atoms with E-state index in [2.05, 4.69) is 10.3 Å². The van der Waals surface area contributed by atoms with Crippen LogP contribution in [0, 0.1) is 0 Å². The van der Waals surface area contributed by atoms with Crippen LogP contribution in [0.1, 0.15) is 10.5 Å². The Bertz CT molecular complexity index is 560. The predicted molar refractivity (Wildman–Crippen MR) is 65.8 cm³/mol. The van der Waals surface area contributed by atoms with Crippen molar-refractivity contribution < 1.29 is 9.59 Å². The molecule has 0 atom stereocenters. The Labute approximate surface area is 102 Å². The number of anilines is 1. The Morgan fingerprint density at radius 1 is 1.71 bits per heavy atom. The van der Waals surface area contributed by atoms with Gasteiger partial charge in [0.1, 0.15) is 5.69 Å². The first-order chi connectivity index (χ1) is 8.17. The fourth-order valence-electron chi connectivity index (χ4n) is 1.55. The Hall–Kier alpha value is -1.89. The normalized spacial score (nSPS) is 10.5. The van der Waals surface area contributed by atoms with Crippen molar-refractivity contribution in [3.05, 3.63) is 17.3 Å². The quantitative estimate of drug-likeness (QED) is 0.799. The molecule has 0 aliphatic heterocycles. The topological polar surface area (TPSA) is 66.7 Å². The highest BCUT2D eigenvalue weighted by Gasteiger charge is 2.17. The summed E-state index contributed by atoms with van der Waals surface area (Å²) in [6.45, 7) is 0.169. The molecule has 0 aromatic carbocycles. The lowest BCUT2D eigenvalue weighted by Crippen LogP contribution is -2.33. The number of hydrogen-bond acceptors (Lipinski definition) is 5. The molecule has 0 saturated heterocycles. The molecule has 0 aliphatic rings. The van der Waals surface area contributed by atoms with Crippen molar-refractivity contribution in [2.24, 2.45) is 0 Å². The molecule has 6 nitrogen and oxygen atoms in total. The summed E-state index contributed by atoms with van der Waals surface area (Å²) in [5.41, 5.74) is 0.465. The molecule has 0 radical (unpaired) electrons. The van der Waals surface area contributed by atoms with E-state index < -0.39 is 0 Å². The Morgan fingerprint density at radius 3 is 3.12 bits per heavy atom. The van der Waals surface area contributed by atoms with Crippen LogP contribution < -0.4 is 10.2 Å². The van der Waals surface area contributed by atoms with Crippen molar-refractivity contribution in [3.8, 4) is 0 Å². The van der Waals surface area contributed by atoms with Gasteiger partial charge in [-0.05, 0) is 0 Å². The zero-order chi connectivity index (χ0) is 12.4. The van der Waals surface area contributed by atoms with Gasteiger partial charge in [-0.3, -0.25) is 14.0 Å². The molecule has 0 bridgehead atoms. The third-order valence-electron chi connectivity index (χ3n) is 2.41. The number of hydrogen-bond donors (Lipinski definition) is 1. The molecule has 7 heteroatoms. The third kappa shape index (κ3) is 2.01. The fourth-order valence-corrected chi connectivity index (χ4v) is 2.27. The smallest absolute Gasteiger partial charge is 0.239 e. The highest BCUT2D eigenvalue weighted by atomic mass is 32.1. The van der Waals surface area contributed by atoms with E-state index >= 15 is 0 Å². The maximum atomic E-state index is 11.3. The van der Waals surface area contributed by atoms with Gasteiger partial charge in [-0.15, -0.1) is 11.3 Å². The van der Waals surface area contributed by atoms with E-state index in [0.717, 1.165) is 11.2 Å². The van der Waals surface area contributed by atoms with Gasteiger partial charge in [-0.2, -0.15) is 0 Å². The highest BCUT2D eigenvalue weighted by Crippen LogP contribution is 2.22. The number of imidazole rings is 1. The van der Waals surface area contributed by atoms with Crippen molar-refractivity contribution in [1.82, 2.24) is 14.7 Å². The minimum atomic E-state index is -0.124. The lowest BCUT2D eigenvalue weighted by atomic mass is 10.4. The molecule has 0 fully saturated rings. The number of aromatic nitrogens is 2. The standard InChI is InChI=1S/C10H12N4O2S/c1-11-8(16)5-13(2)9-7(6-15)14-3-4-17-10(14)12-9/h3-4,6H,5H2,1-2H3,(H,11,16). The van der Waals surface area contributed by atoms with Crippen LogP contribution in [0.15, 0.2) is 11.6 Å². The van der Waals surface area contributed by atoms with Crippen LogP contribution in [-0.4, -0.2) is 42.2 Å². The summed E-state index contributed by atoms with van der Waals surface area (Å²) in [5, 5.41) is 4.39. The zero-order valence-electron chi connectivity index (χ0n) is 9.51. The lowest BCUT2D eigenvalue weighted by molar-refractivity contribution is -0.119. The van der Waals surface area contributed by atoms with E-state index in [1.54, 1.807) is 29.6 Å². The number of nitrogens with one attached hydrogen (secondary N) is 1. The summed E-state index contributed by atoms with van der Waals surface area (Å²) in [5.74, 6) is 0.399. The number of likely N-dealkylation sites (N-methyl/N-ethyl adjacent to an activating group) is 2. The number of fused-ring (bicyclic) bond motifs is 1. The Balaban J connectivity index is 2.36. The largest absolute Gasteiger partial charge is 0.358 e. The maximum Gasteiger partial charge on any atom is 0.239 e. The lowest BCUT2D eigenvalue weighted by Gasteiger charge is -2.15. The summed E-state index contributed by atoms with van der Waals surface area (Å²) in [6, 6.07) is 0. The molecule has 1 N–H and O–H groups in total. The van der Waals surface area contributed by atoms with Crippen LogP contribution in [0.25, 0.3) is 4.96 Å². The minimum Gasteiger partial charge on any atom is -0.358 e. The van der Waals surface area contributed by atoms with Crippen LogP contribution in [0.2, 0.25) is 0 Å². The van der Waals surface area contributed by atoms with Crippen LogP contribution >= 0.6 is 11.3 Å². The van der Waals surface area contributed by atoms with E-state index in [9.17, 15) is 9.59 Å². The van der Waals surface area contributed by atoms with Crippen LogP contribution in [-0.2, 0) is 4.79 Å². The summed E-state index contributed by atoms with van der Waals surface area (Å²) < 4.78 is 1.72. The molecule has 2 heterocycles. The minimum absolute atomic E-state index is 0.124. The van der Waals surface area contributed by atoms with Gasteiger partial charge in [0.2, 0.25) is 5.91 Å². The molecular weight excluding hydrogens is 240 g/mol. The van der Waals surface area contributed by atoms with Crippen molar-refractivity contribution in [2.45, 2.75) is 0 Å². The predicted octanol–water partition coefficient (Wildman–Crippen LogP) is 0.390. The van der Waals surface area contributed by atoms with E-state index in [1.165, 1.54) is 11.3 Å². The van der Waals surface area contributed by atoms with Crippen LogP contribution in [0.5, 0.6) is 0 Å². The number of thiazole rings is 1. The zero-order valence-corrected chi connectivity index (χ0v) is 10.3. The monoisotopic (exact) mass is 252 g/mol. The van der Waals surface area contributed by atoms with Gasteiger partial charge in [0.25, 0.3) is 0 Å². The number of carbonyl (C=O) groups excluding carboxylic acids is 2. The van der Waals surface area contributed by atoms with Gasteiger partial charge >= 0.3 is 0 Å². The molecule has 0 unspecified atom stereocenters. The first-order valence-electron chi connectivity index (χ1n) is 4.99. The molecule has 0 aliphatic carbocycles. The van der Waals surface area contributed by atoms with Gasteiger partial charge in [0.05, 0.1) is 6.54 Å². The third-order valence-corrected chi connectivity index (χ3v) is 3.17. The molecule has 90 valence electrons. The molecule has 0 spiro atoms. The number of nitrogens with zero attached hydrogens (tertiary/aromatic N) is 3. The van der Waals surface area contributed by atoms with Crippen LogP contribution in [0.3, 0.4) is 0 Å². The summed E-state index contributed by atoms with van der Waals surface area (Å²) in [7, 11) is 3.30. The van der Waals surface area contributed by atoms with Crippen LogP contribution in [0.4, 0.5) is 5.82 Å². The average Bonchev–Trinajstić information content (AvgIpc) is 2.87. The molecule has 2 rings (SSSR count). The van der Waals surface area contributed by atoms with Gasteiger partial charge in [-0.1, -0.05) is 0 Å². The first kappa shape index (κ1) is 11.6. The van der Waals surface area contributed by atoms with E-state index in [-0.39, 0.29) is 12.5 Å². The Morgan fingerprint density at radius 2 is 2.47 bits per heavy atom. The van der Waals surface area contributed by atoms with Crippen molar-refractivity contribution in [2.75, 3.05) is 25.5 Å². The SMILES string of the molecule is CNC(=O)CN(C)c1nc2sccn2c1C=O. The molecule has 2 aromatic heterocycles. The number of rotatable bonds is 4.